The van der Waals surface area contributed by atoms with E-state index >= 15 is 0 Å². The lowest BCUT2D eigenvalue weighted by molar-refractivity contribution is -0.383. The van der Waals surface area contributed by atoms with Gasteiger partial charge in [-0.25, -0.2) is 14.3 Å². The Kier molecular flexibility index (Phi) is 5.83. The van der Waals surface area contributed by atoms with Crippen LogP contribution in [-0.2, 0) is 14.8 Å². The molecule has 1 aromatic rings. The Bertz CT molecular complexity index is 571. The van der Waals surface area contributed by atoms with E-state index in [9.17, 15) is 18.5 Å². The zero-order valence-corrected chi connectivity index (χ0v) is 12.7. The van der Waals surface area contributed by atoms with E-state index in [1.165, 1.54) is 7.05 Å². The molecule has 0 atom stereocenters. The summed E-state index contributed by atoms with van der Waals surface area (Å²) in [6, 6.07) is 0.992. The fourth-order valence-corrected chi connectivity index (χ4v) is 3.94. The van der Waals surface area contributed by atoms with Gasteiger partial charge in [0.15, 0.2) is 5.00 Å². The molecule has 0 aliphatic rings. The molecule has 3 N–H and O–H groups in total. The lowest BCUT2D eigenvalue weighted by Crippen LogP contribution is -2.29. The first kappa shape index (κ1) is 16.8. The number of nitrogens with two attached hydrogens (primary N) is 1. The number of nitro groups is 1. The van der Waals surface area contributed by atoms with Gasteiger partial charge >= 0.3 is 5.69 Å². The molecule has 0 saturated carbocycles. The van der Waals surface area contributed by atoms with Crippen LogP contribution in [-0.4, -0.2) is 44.5 Å². The summed E-state index contributed by atoms with van der Waals surface area (Å²) in [7, 11) is -2.41. The van der Waals surface area contributed by atoms with E-state index in [2.05, 4.69) is 5.43 Å². The number of nitrogens with zero attached hydrogens (tertiary/aromatic N) is 2. The fourth-order valence-electron chi connectivity index (χ4n) is 1.34. The molecule has 114 valence electrons. The maximum Gasteiger partial charge on any atom is 0.306 e. The SMILES string of the molecule is CCOCCN(C)S(=O)(=O)c1cc([N+](=O)[O-])c(NN)s1. The van der Waals surface area contributed by atoms with Gasteiger partial charge < -0.3 is 10.2 Å². The number of hydrogen-bond donors (Lipinski definition) is 2. The van der Waals surface area contributed by atoms with Gasteiger partial charge in [0.1, 0.15) is 4.21 Å². The molecule has 9 nitrogen and oxygen atoms in total. The summed E-state index contributed by atoms with van der Waals surface area (Å²) in [5, 5.41) is 10.8. The number of rotatable bonds is 8. The summed E-state index contributed by atoms with van der Waals surface area (Å²) in [6.45, 7) is 2.70. The van der Waals surface area contributed by atoms with Gasteiger partial charge in [-0.1, -0.05) is 11.3 Å². The van der Waals surface area contributed by atoms with Crippen LogP contribution < -0.4 is 11.3 Å². The Labute approximate surface area is 120 Å². The monoisotopic (exact) mass is 324 g/mol. The van der Waals surface area contributed by atoms with Crippen molar-refractivity contribution in [2.75, 3.05) is 32.2 Å². The molecule has 0 aliphatic heterocycles. The number of likely N-dealkylation sites (N-methyl/N-ethyl adjacent to an activating group) is 1. The van der Waals surface area contributed by atoms with Crippen molar-refractivity contribution in [1.29, 1.82) is 0 Å². The van der Waals surface area contributed by atoms with Gasteiger partial charge in [-0.2, -0.15) is 4.31 Å². The molecule has 11 heteroatoms. The van der Waals surface area contributed by atoms with Crippen molar-refractivity contribution in [1.82, 2.24) is 4.31 Å². The lowest BCUT2D eigenvalue weighted by Gasteiger charge is -2.15. The van der Waals surface area contributed by atoms with E-state index < -0.39 is 14.9 Å². The first-order chi connectivity index (χ1) is 9.34. The Morgan fingerprint density at radius 3 is 2.70 bits per heavy atom. The van der Waals surface area contributed by atoms with Crippen molar-refractivity contribution in [3.05, 3.63) is 16.2 Å². The minimum Gasteiger partial charge on any atom is -0.380 e. The molecule has 0 aliphatic carbocycles. The van der Waals surface area contributed by atoms with E-state index in [1.54, 1.807) is 6.92 Å². The molecule has 0 bridgehead atoms. The summed E-state index contributed by atoms with van der Waals surface area (Å²) in [5.41, 5.74) is 1.76. The van der Waals surface area contributed by atoms with Crippen LogP contribution in [0.3, 0.4) is 0 Å². The van der Waals surface area contributed by atoms with E-state index in [0.717, 1.165) is 10.4 Å². The van der Waals surface area contributed by atoms with Gasteiger partial charge in [-0.3, -0.25) is 10.1 Å². The molecule has 0 saturated heterocycles. The van der Waals surface area contributed by atoms with Crippen LogP contribution in [0.25, 0.3) is 0 Å². The molecule has 0 amide bonds. The highest BCUT2D eigenvalue weighted by Crippen LogP contribution is 2.37. The van der Waals surface area contributed by atoms with E-state index in [0.29, 0.717) is 17.9 Å². The van der Waals surface area contributed by atoms with Crippen molar-refractivity contribution in [2.24, 2.45) is 5.84 Å². The third kappa shape index (κ3) is 3.64. The van der Waals surface area contributed by atoms with E-state index in [1.807, 2.05) is 0 Å². The standard InChI is InChI=1S/C9H16N4O5S2/c1-3-18-5-4-12(2)20(16,17)8-6-7(13(14)15)9(11-10)19-8/h6,11H,3-5,10H2,1-2H3. The molecule has 0 fully saturated rings. The molecule has 0 spiro atoms. The summed E-state index contributed by atoms with van der Waals surface area (Å²) < 4.78 is 30.5. The predicted octanol–water partition coefficient (Wildman–Crippen LogP) is 0.599. The highest BCUT2D eigenvalue weighted by molar-refractivity contribution is 7.91. The minimum absolute atomic E-state index is 0.00761. The smallest absolute Gasteiger partial charge is 0.306 e. The third-order valence-corrected chi connectivity index (χ3v) is 5.80. The second-order valence-corrected chi connectivity index (χ2v) is 7.03. The second-order valence-electron chi connectivity index (χ2n) is 3.70. The number of hydrogen-bond acceptors (Lipinski definition) is 8. The Balaban J connectivity index is 3.00. The molecule has 1 heterocycles. The Morgan fingerprint density at radius 1 is 1.60 bits per heavy atom. The molecule has 0 radical (unpaired) electrons. The molecule has 1 aromatic heterocycles. The van der Waals surface area contributed by atoms with Crippen molar-refractivity contribution in [3.63, 3.8) is 0 Å². The van der Waals surface area contributed by atoms with Crippen LogP contribution >= 0.6 is 11.3 Å². The van der Waals surface area contributed by atoms with Crippen LogP contribution in [0, 0.1) is 10.1 Å². The quantitative estimate of drug-likeness (QED) is 0.310. The topological polar surface area (TPSA) is 128 Å². The van der Waals surface area contributed by atoms with Crippen molar-refractivity contribution in [2.45, 2.75) is 11.1 Å². The maximum absolute atomic E-state index is 12.2. The molecular formula is C9H16N4O5S2. The number of sulfonamides is 1. The molecular weight excluding hydrogens is 308 g/mol. The van der Waals surface area contributed by atoms with Gasteiger partial charge in [0.05, 0.1) is 11.5 Å². The van der Waals surface area contributed by atoms with Crippen LogP contribution in [0.1, 0.15) is 6.92 Å². The lowest BCUT2D eigenvalue weighted by atomic mass is 10.5. The number of nitrogens with one attached hydrogen (secondary N) is 1. The Morgan fingerprint density at radius 2 is 2.25 bits per heavy atom. The number of hydrazine groups is 1. The summed E-state index contributed by atoms with van der Waals surface area (Å²) >= 11 is 0.714. The maximum atomic E-state index is 12.2. The average Bonchev–Trinajstić information content (AvgIpc) is 2.83. The van der Waals surface area contributed by atoms with Crippen molar-refractivity contribution in [3.8, 4) is 0 Å². The van der Waals surface area contributed by atoms with Gasteiger partial charge in [0.2, 0.25) is 0 Å². The molecule has 20 heavy (non-hydrogen) atoms. The van der Waals surface area contributed by atoms with Gasteiger partial charge in [0.25, 0.3) is 10.0 Å². The highest BCUT2D eigenvalue weighted by Gasteiger charge is 2.28. The predicted molar refractivity (Wildman–Crippen MR) is 75.1 cm³/mol. The summed E-state index contributed by atoms with van der Waals surface area (Å²) in [6.07, 6.45) is 0. The normalized spacial score (nSPS) is 11.8. The zero-order valence-electron chi connectivity index (χ0n) is 11.0. The molecule has 0 unspecified atom stereocenters. The van der Waals surface area contributed by atoms with Gasteiger partial charge in [-0.05, 0) is 6.92 Å². The summed E-state index contributed by atoms with van der Waals surface area (Å²) in [5.74, 6) is 5.15. The number of thiophene rings is 1. The Hall–Kier alpha value is -1.27. The third-order valence-electron chi connectivity index (χ3n) is 2.44. The largest absolute Gasteiger partial charge is 0.380 e. The van der Waals surface area contributed by atoms with Crippen molar-refractivity contribution >= 4 is 32.0 Å². The van der Waals surface area contributed by atoms with Crippen LogP contribution in [0.2, 0.25) is 0 Å². The zero-order chi connectivity index (χ0) is 15.3. The highest BCUT2D eigenvalue weighted by atomic mass is 32.2. The van der Waals surface area contributed by atoms with Crippen LogP contribution in [0.4, 0.5) is 10.7 Å². The van der Waals surface area contributed by atoms with Crippen molar-refractivity contribution < 1.29 is 18.1 Å². The van der Waals surface area contributed by atoms with E-state index in [-0.39, 0.29) is 28.0 Å². The number of nitrogen functional groups attached to an aromatic ring is 1. The van der Waals surface area contributed by atoms with Crippen LogP contribution in [0.5, 0.6) is 0 Å². The summed E-state index contributed by atoms with van der Waals surface area (Å²) in [4.78, 5) is 10.1. The van der Waals surface area contributed by atoms with E-state index in [4.69, 9.17) is 10.6 Å². The number of anilines is 1. The van der Waals surface area contributed by atoms with Gasteiger partial charge in [0, 0.05) is 26.3 Å². The van der Waals surface area contributed by atoms with Gasteiger partial charge in [-0.15, -0.1) is 0 Å². The van der Waals surface area contributed by atoms with Crippen LogP contribution in [0.15, 0.2) is 10.3 Å². The second kappa shape index (κ2) is 6.95. The first-order valence-corrected chi connectivity index (χ1v) is 7.89. The molecule has 0 aromatic carbocycles. The minimum atomic E-state index is -3.79. The first-order valence-electron chi connectivity index (χ1n) is 5.63. The molecule has 1 rings (SSSR count). The average molecular weight is 324 g/mol. The number of ether oxygens (including phenoxy) is 1. The fraction of sp³-hybridized carbons (Fsp3) is 0.556.